The van der Waals surface area contributed by atoms with Crippen molar-refractivity contribution in [3.8, 4) is 0 Å². The van der Waals surface area contributed by atoms with E-state index in [1.807, 2.05) is 12.1 Å². The molecule has 0 aromatic carbocycles. The molecule has 1 aromatic rings. The second kappa shape index (κ2) is 2.89. The number of hydrogen-bond donors (Lipinski definition) is 1. The minimum absolute atomic E-state index is 0.00796. The van der Waals surface area contributed by atoms with Gasteiger partial charge in [-0.2, -0.15) is 0 Å². The van der Waals surface area contributed by atoms with E-state index in [1.165, 1.54) is 0 Å². The lowest BCUT2D eigenvalue weighted by atomic mass is 10.4. The number of hydrogen-bond acceptors (Lipinski definition) is 2. The first-order valence-electron chi connectivity index (χ1n) is 3.91. The van der Waals surface area contributed by atoms with Crippen LogP contribution in [-0.2, 0) is 6.54 Å². The molecular weight excluding hydrogens is 156 g/mol. The number of furan rings is 1. The van der Waals surface area contributed by atoms with Crippen molar-refractivity contribution in [2.45, 2.75) is 6.54 Å². The second-order valence-corrected chi connectivity index (χ2v) is 2.73. The Labute approximate surface area is 70.2 Å². The SMILES string of the molecule is O=C1NCCN1Cc1ccco1. The van der Waals surface area contributed by atoms with E-state index in [1.54, 1.807) is 11.2 Å². The number of amides is 2. The van der Waals surface area contributed by atoms with Crippen molar-refractivity contribution in [1.82, 2.24) is 10.2 Å². The van der Waals surface area contributed by atoms with Crippen molar-refractivity contribution < 1.29 is 9.21 Å². The second-order valence-electron chi connectivity index (χ2n) is 2.73. The van der Waals surface area contributed by atoms with Gasteiger partial charge in [-0.1, -0.05) is 0 Å². The maximum atomic E-state index is 11.1. The molecule has 1 fully saturated rings. The van der Waals surface area contributed by atoms with Crippen LogP contribution in [-0.4, -0.2) is 24.0 Å². The summed E-state index contributed by atoms with van der Waals surface area (Å²) >= 11 is 0. The largest absolute Gasteiger partial charge is 0.467 e. The van der Waals surface area contributed by atoms with Crippen LogP contribution in [0.2, 0.25) is 0 Å². The molecule has 12 heavy (non-hydrogen) atoms. The Morgan fingerprint density at radius 3 is 3.17 bits per heavy atom. The minimum Gasteiger partial charge on any atom is -0.467 e. The third kappa shape index (κ3) is 1.28. The molecule has 1 aliphatic heterocycles. The quantitative estimate of drug-likeness (QED) is 0.706. The van der Waals surface area contributed by atoms with Crippen LogP contribution >= 0.6 is 0 Å². The number of carbonyl (C=O) groups excluding carboxylic acids is 1. The maximum absolute atomic E-state index is 11.1. The fourth-order valence-electron chi connectivity index (χ4n) is 1.25. The highest BCUT2D eigenvalue weighted by Gasteiger charge is 2.19. The van der Waals surface area contributed by atoms with E-state index in [0.717, 1.165) is 18.8 Å². The first-order valence-corrected chi connectivity index (χ1v) is 3.91. The zero-order chi connectivity index (χ0) is 8.39. The third-order valence-electron chi connectivity index (χ3n) is 1.87. The molecule has 2 rings (SSSR count). The summed E-state index contributed by atoms with van der Waals surface area (Å²) in [6, 6.07) is 3.68. The van der Waals surface area contributed by atoms with Crippen molar-refractivity contribution >= 4 is 6.03 Å². The Bertz CT molecular complexity index is 269. The van der Waals surface area contributed by atoms with Crippen LogP contribution in [0.5, 0.6) is 0 Å². The van der Waals surface area contributed by atoms with E-state index >= 15 is 0 Å². The molecule has 1 aliphatic rings. The van der Waals surface area contributed by atoms with Crippen molar-refractivity contribution in [1.29, 1.82) is 0 Å². The molecule has 0 spiro atoms. The molecule has 0 saturated carbocycles. The first kappa shape index (κ1) is 7.21. The third-order valence-corrected chi connectivity index (χ3v) is 1.87. The minimum atomic E-state index is -0.00796. The van der Waals surface area contributed by atoms with Gasteiger partial charge < -0.3 is 14.6 Å². The highest BCUT2D eigenvalue weighted by molar-refractivity contribution is 5.76. The summed E-state index contributed by atoms with van der Waals surface area (Å²) in [6.45, 7) is 2.07. The molecule has 0 atom stereocenters. The lowest BCUT2D eigenvalue weighted by molar-refractivity contribution is 0.211. The normalized spacial score (nSPS) is 16.7. The van der Waals surface area contributed by atoms with Gasteiger partial charge in [0.2, 0.25) is 0 Å². The molecule has 0 bridgehead atoms. The van der Waals surface area contributed by atoms with Gasteiger partial charge in [0.1, 0.15) is 5.76 Å². The Hall–Kier alpha value is -1.45. The van der Waals surface area contributed by atoms with Gasteiger partial charge in [-0.3, -0.25) is 0 Å². The van der Waals surface area contributed by atoms with Crippen LogP contribution in [0.1, 0.15) is 5.76 Å². The number of nitrogens with one attached hydrogen (secondary N) is 1. The zero-order valence-electron chi connectivity index (χ0n) is 6.62. The van der Waals surface area contributed by atoms with Gasteiger partial charge in [-0.25, -0.2) is 4.79 Å². The van der Waals surface area contributed by atoms with Gasteiger partial charge in [0.25, 0.3) is 0 Å². The van der Waals surface area contributed by atoms with Crippen LogP contribution in [0.15, 0.2) is 22.8 Å². The molecule has 1 aromatic heterocycles. The highest BCUT2D eigenvalue weighted by Crippen LogP contribution is 2.07. The molecule has 0 unspecified atom stereocenters. The van der Waals surface area contributed by atoms with E-state index < -0.39 is 0 Å². The van der Waals surface area contributed by atoms with Gasteiger partial charge in [0.15, 0.2) is 0 Å². The smallest absolute Gasteiger partial charge is 0.317 e. The Kier molecular flexibility index (Phi) is 1.74. The number of urea groups is 1. The van der Waals surface area contributed by atoms with Gasteiger partial charge >= 0.3 is 6.03 Å². The van der Waals surface area contributed by atoms with E-state index in [-0.39, 0.29) is 6.03 Å². The number of rotatable bonds is 2. The highest BCUT2D eigenvalue weighted by atomic mass is 16.3. The van der Waals surface area contributed by atoms with Gasteiger partial charge in [-0.05, 0) is 12.1 Å². The Morgan fingerprint density at radius 1 is 1.67 bits per heavy atom. The number of nitrogens with zero attached hydrogens (tertiary/aromatic N) is 1. The van der Waals surface area contributed by atoms with Gasteiger partial charge in [-0.15, -0.1) is 0 Å². The first-order chi connectivity index (χ1) is 5.86. The predicted molar refractivity (Wildman–Crippen MR) is 42.5 cm³/mol. The van der Waals surface area contributed by atoms with Crippen molar-refractivity contribution in [3.05, 3.63) is 24.2 Å². The molecule has 0 radical (unpaired) electrons. The molecule has 64 valence electrons. The van der Waals surface area contributed by atoms with E-state index in [4.69, 9.17) is 4.42 Å². The Morgan fingerprint density at radius 2 is 2.58 bits per heavy atom. The molecular formula is C8H10N2O2. The van der Waals surface area contributed by atoms with Crippen LogP contribution in [0.25, 0.3) is 0 Å². The fraction of sp³-hybridized carbons (Fsp3) is 0.375. The summed E-state index contributed by atoms with van der Waals surface area (Å²) in [5, 5.41) is 2.73. The zero-order valence-corrected chi connectivity index (χ0v) is 6.62. The Balaban J connectivity index is 1.99. The summed E-state index contributed by atoms with van der Waals surface area (Å²) in [7, 11) is 0. The van der Waals surface area contributed by atoms with Gasteiger partial charge in [0, 0.05) is 13.1 Å². The summed E-state index contributed by atoms with van der Waals surface area (Å²) in [6.07, 6.45) is 1.61. The molecule has 2 amide bonds. The lowest BCUT2D eigenvalue weighted by Gasteiger charge is -2.10. The van der Waals surface area contributed by atoms with Crippen LogP contribution in [0, 0.1) is 0 Å². The van der Waals surface area contributed by atoms with Gasteiger partial charge in [0.05, 0.1) is 12.8 Å². The molecule has 4 nitrogen and oxygen atoms in total. The molecule has 1 saturated heterocycles. The summed E-state index contributed by atoms with van der Waals surface area (Å²) in [5.41, 5.74) is 0. The van der Waals surface area contributed by atoms with Crippen molar-refractivity contribution in [2.24, 2.45) is 0 Å². The topological polar surface area (TPSA) is 45.5 Å². The fourth-order valence-corrected chi connectivity index (χ4v) is 1.25. The van der Waals surface area contributed by atoms with Crippen LogP contribution < -0.4 is 5.32 Å². The van der Waals surface area contributed by atoms with Crippen LogP contribution in [0.3, 0.4) is 0 Å². The molecule has 1 N–H and O–H groups in total. The van der Waals surface area contributed by atoms with E-state index in [0.29, 0.717) is 6.54 Å². The van der Waals surface area contributed by atoms with Crippen LogP contribution in [0.4, 0.5) is 4.79 Å². The van der Waals surface area contributed by atoms with E-state index in [9.17, 15) is 4.79 Å². The van der Waals surface area contributed by atoms with Crippen molar-refractivity contribution in [3.63, 3.8) is 0 Å². The lowest BCUT2D eigenvalue weighted by Crippen LogP contribution is -2.27. The molecule has 0 aliphatic carbocycles. The van der Waals surface area contributed by atoms with Crippen molar-refractivity contribution in [2.75, 3.05) is 13.1 Å². The molecule has 4 heteroatoms. The predicted octanol–water partition coefficient (Wildman–Crippen LogP) is 0.805. The average Bonchev–Trinajstić information content (AvgIpc) is 2.65. The summed E-state index contributed by atoms with van der Waals surface area (Å²) in [5.74, 6) is 0.826. The standard InChI is InChI=1S/C8H10N2O2/c11-8-9-3-4-10(8)6-7-2-1-5-12-7/h1-2,5H,3-4,6H2,(H,9,11). The number of carbonyl (C=O) groups is 1. The monoisotopic (exact) mass is 166 g/mol. The summed E-state index contributed by atoms with van der Waals surface area (Å²) < 4.78 is 5.12. The molecule has 2 heterocycles. The maximum Gasteiger partial charge on any atom is 0.317 e. The van der Waals surface area contributed by atoms with E-state index in [2.05, 4.69) is 5.32 Å². The average molecular weight is 166 g/mol. The summed E-state index contributed by atoms with van der Waals surface area (Å²) in [4.78, 5) is 12.8.